The SMILES string of the molecule is C[C@H]1C=C2C[C@H](O)CC[C@]2(C)[C@H]2CC[C@]3(C)C(C4CCCCN4)=CC[C@H]3[C@H]12. The summed E-state index contributed by atoms with van der Waals surface area (Å²) in [6.07, 6.45) is 16.5. The minimum absolute atomic E-state index is 0.0981. The Bertz CT molecular complexity index is 659. The normalized spacial score (nSPS) is 52.3. The zero-order valence-electron chi connectivity index (χ0n) is 17.6. The van der Waals surface area contributed by atoms with Crippen molar-refractivity contribution in [3.8, 4) is 0 Å². The van der Waals surface area contributed by atoms with Crippen molar-refractivity contribution in [3.05, 3.63) is 23.3 Å². The van der Waals surface area contributed by atoms with Gasteiger partial charge in [0.1, 0.15) is 0 Å². The van der Waals surface area contributed by atoms with E-state index in [0.29, 0.717) is 22.8 Å². The van der Waals surface area contributed by atoms with E-state index >= 15 is 0 Å². The molecule has 0 amide bonds. The van der Waals surface area contributed by atoms with Gasteiger partial charge in [0, 0.05) is 6.04 Å². The van der Waals surface area contributed by atoms with Crippen LogP contribution in [0.25, 0.3) is 0 Å². The minimum atomic E-state index is -0.0981. The first-order chi connectivity index (χ1) is 12.9. The van der Waals surface area contributed by atoms with Crippen molar-refractivity contribution in [3.63, 3.8) is 0 Å². The average molecular weight is 370 g/mol. The molecule has 1 heterocycles. The number of nitrogens with one attached hydrogen (secondary N) is 1. The molecule has 0 bridgehead atoms. The van der Waals surface area contributed by atoms with E-state index in [-0.39, 0.29) is 6.10 Å². The number of hydrogen-bond acceptors (Lipinski definition) is 2. The minimum Gasteiger partial charge on any atom is -0.393 e. The standard InChI is InChI=1S/C25H39NO/c1-16-14-17-15-18(27)9-11-24(17,2)21-10-12-25(3)19(7-8-20(25)23(16)21)22-6-4-5-13-26-22/h7,14,16,18,20-23,26-27H,4-6,8-13,15H2,1-3H3/t16-,18+,20-,21-,22?,23-,24-,25+/m0/s1. The third kappa shape index (κ3) is 2.65. The van der Waals surface area contributed by atoms with Crippen LogP contribution in [0.1, 0.15) is 78.6 Å². The van der Waals surface area contributed by atoms with Crippen LogP contribution in [-0.2, 0) is 0 Å². The highest BCUT2D eigenvalue weighted by Gasteiger charge is 2.58. The summed E-state index contributed by atoms with van der Waals surface area (Å²) in [5.41, 5.74) is 4.14. The summed E-state index contributed by atoms with van der Waals surface area (Å²) in [7, 11) is 0. The van der Waals surface area contributed by atoms with Gasteiger partial charge in [-0.1, -0.05) is 50.5 Å². The van der Waals surface area contributed by atoms with Crippen LogP contribution >= 0.6 is 0 Å². The summed E-state index contributed by atoms with van der Waals surface area (Å²) in [6.45, 7) is 8.84. The Morgan fingerprint density at radius 2 is 1.85 bits per heavy atom. The maximum absolute atomic E-state index is 10.3. The molecule has 2 saturated carbocycles. The lowest BCUT2D eigenvalue weighted by molar-refractivity contribution is -0.0495. The molecule has 150 valence electrons. The first-order valence-electron chi connectivity index (χ1n) is 11.8. The summed E-state index contributed by atoms with van der Waals surface area (Å²) >= 11 is 0. The Labute approximate surface area is 165 Å². The van der Waals surface area contributed by atoms with Crippen LogP contribution in [0.15, 0.2) is 23.3 Å². The molecule has 5 rings (SSSR count). The van der Waals surface area contributed by atoms with Gasteiger partial charge in [0.15, 0.2) is 0 Å². The zero-order valence-corrected chi connectivity index (χ0v) is 17.6. The molecule has 1 unspecified atom stereocenters. The molecule has 5 aliphatic rings. The predicted octanol–water partition coefficient (Wildman–Crippen LogP) is 5.23. The highest BCUT2D eigenvalue weighted by Crippen LogP contribution is 2.66. The van der Waals surface area contributed by atoms with E-state index in [1.165, 1.54) is 51.5 Å². The van der Waals surface area contributed by atoms with Gasteiger partial charge in [0.05, 0.1) is 6.10 Å². The second kappa shape index (κ2) is 6.46. The van der Waals surface area contributed by atoms with Gasteiger partial charge >= 0.3 is 0 Å². The van der Waals surface area contributed by atoms with Crippen molar-refractivity contribution in [1.82, 2.24) is 5.32 Å². The lowest BCUT2D eigenvalue weighted by Gasteiger charge is -2.60. The molecule has 0 aromatic carbocycles. The number of piperidine rings is 1. The monoisotopic (exact) mass is 369 g/mol. The fourth-order valence-corrected chi connectivity index (χ4v) is 8.26. The molecule has 27 heavy (non-hydrogen) atoms. The molecule has 3 fully saturated rings. The van der Waals surface area contributed by atoms with Gasteiger partial charge in [0.25, 0.3) is 0 Å². The Kier molecular flexibility index (Phi) is 4.41. The number of rotatable bonds is 1. The quantitative estimate of drug-likeness (QED) is 0.620. The van der Waals surface area contributed by atoms with Crippen LogP contribution in [-0.4, -0.2) is 23.8 Å². The highest BCUT2D eigenvalue weighted by molar-refractivity contribution is 5.33. The number of allylic oxidation sites excluding steroid dienone is 2. The van der Waals surface area contributed by atoms with Crippen molar-refractivity contribution in [2.45, 2.75) is 90.7 Å². The molecule has 2 N–H and O–H groups in total. The molecule has 1 aliphatic heterocycles. The van der Waals surface area contributed by atoms with Gasteiger partial charge in [-0.25, -0.2) is 0 Å². The molecule has 2 nitrogen and oxygen atoms in total. The lowest BCUT2D eigenvalue weighted by atomic mass is 9.45. The molecule has 4 aliphatic carbocycles. The molecule has 0 aromatic rings. The van der Waals surface area contributed by atoms with Crippen LogP contribution in [0, 0.1) is 34.5 Å². The number of fused-ring (bicyclic) bond motifs is 5. The van der Waals surface area contributed by atoms with E-state index in [9.17, 15) is 5.11 Å². The molecular formula is C25H39NO. The third-order valence-corrected chi connectivity index (χ3v) is 9.73. The number of aliphatic hydroxyl groups is 1. The molecule has 8 atom stereocenters. The smallest absolute Gasteiger partial charge is 0.0577 e. The maximum Gasteiger partial charge on any atom is 0.0577 e. The van der Waals surface area contributed by atoms with Crippen molar-refractivity contribution in [2.75, 3.05) is 6.54 Å². The van der Waals surface area contributed by atoms with Gasteiger partial charge in [0.2, 0.25) is 0 Å². The Morgan fingerprint density at radius 1 is 1.04 bits per heavy atom. The molecular weight excluding hydrogens is 330 g/mol. The average Bonchev–Trinajstić information content (AvgIpc) is 3.01. The van der Waals surface area contributed by atoms with E-state index in [0.717, 1.165) is 30.6 Å². The van der Waals surface area contributed by atoms with E-state index in [1.54, 1.807) is 11.1 Å². The molecule has 2 heteroatoms. The lowest BCUT2D eigenvalue weighted by Crippen LogP contribution is -2.53. The summed E-state index contributed by atoms with van der Waals surface area (Å²) in [4.78, 5) is 0. The highest BCUT2D eigenvalue weighted by atomic mass is 16.3. The number of hydrogen-bond donors (Lipinski definition) is 2. The predicted molar refractivity (Wildman–Crippen MR) is 111 cm³/mol. The first kappa shape index (κ1) is 18.4. The maximum atomic E-state index is 10.3. The van der Waals surface area contributed by atoms with Crippen LogP contribution in [0.2, 0.25) is 0 Å². The second-order valence-corrected chi connectivity index (χ2v) is 11.0. The van der Waals surface area contributed by atoms with E-state index < -0.39 is 0 Å². The van der Waals surface area contributed by atoms with Crippen LogP contribution in [0.3, 0.4) is 0 Å². The third-order valence-electron chi connectivity index (χ3n) is 9.73. The molecule has 0 radical (unpaired) electrons. The molecule has 1 saturated heterocycles. The van der Waals surface area contributed by atoms with Crippen molar-refractivity contribution in [1.29, 1.82) is 0 Å². The fraction of sp³-hybridized carbons (Fsp3) is 0.840. The topological polar surface area (TPSA) is 32.3 Å². The fourth-order valence-electron chi connectivity index (χ4n) is 8.26. The van der Waals surface area contributed by atoms with Gasteiger partial charge < -0.3 is 10.4 Å². The van der Waals surface area contributed by atoms with Crippen LogP contribution in [0.4, 0.5) is 0 Å². The van der Waals surface area contributed by atoms with Crippen molar-refractivity contribution >= 4 is 0 Å². The number of aliphatic hydroxyl groups excluding tert-OH is 1. The second-order valence-electron chi connectivity index (χ2n) is 11.0. The summed E-state index contributed by atoms with van der Waals surface area (Å²) < 4.78 is 0. The summed E-state index contributed by atoms with van der Waals surface area (Å²) in [5, 5.41) is 14.1. The van der Waals surface area contributed by atoms with E-state index in [4.69, 9.17) is 0 Å². The van der Waals surface area contributed by atoms with Gasteiger partial charge in [-0.05, 0) is 92.4 Å². The Balaban J connectivity index is 1.46. The van der Waals surface area contributed by atoms with Crippen molar-refractivity contribution in [2.24, 2.45) is 34.5 Å². The zero-order chi connectivity index (χ0) is 18.8. The van der Waals surface area contributed by atoms with E-state index in [1.807, 2.05) is 0 Å². The van der Waals surface area contributed by atoms with Crippen LogP contribution < -0.4 is 5.32 Å². The first-order valence-corrected chi connectivity index (χ1v) is 11.8. The van der Waals surface area contributed by atoms with Gasteiger partial charge in [-0.3, -0.25) is 0 Å². The molecule has 0 spiro atoms. The van der Waals surface area contributed by atoms with Crippen molar-refractivity contribution < 1.29 is 5.11 Å². The Morgan fingerprint density at radius 3 is 2.63 bits per heavy atom. The largest absolute Gasteiger partial charge is 0.393 e. The molecule has 0 aromatic heterocycles. The van der Waals surface area contributed by atoms with Gasteiger partial charge in [-0.2, -0.15) is 0 Å². The van der Waals surface area contributed by atoms with Gasteiger partial charge in [-0.15, -0.1) is 0 Å². The summed E-state index contributed by atoms with van der Waals surface area (Å²) in [6, 6.07) is 0.649. The summed E-state index contributed by atoms with van der Waals surface area (Å²) in [5.74, 6) is 3.14. The van der Waals surface area contributed by atoms with E-state index in [2.05, 4.69) is 38.2 Å². The Hall–Kier alpha value is -0.600. The van der Waals surface area contributed by atoms with Crippen LogP contribution in [0.5, 0.6) is 0 Å².